The van der Waals surface area contributed by atoms with Crippen LogP contribution in [-0.4, -0.2) is 31.3 Å². The Morgan fingerprint density at radius 1 is 1.77 bits per heavy atom. The average molecular weight is 184 g/mol. The molecule has 0 amide bonds. The molecular weight excluding hydrogens is 172 g/mol. The van der Waals surface area contributed by atoms with E-state index >= 15 is 0 Å². The summed E-state index contributed by atoms with van der Waals surface area (Å²) in [5, 5.41) is 18.0. The number of rotatable bonds is 3. The Kier molecular flexibility index (Phi) is 2.38. The smallest absolute Gasteiger partial charge is 0.335 e. The second-order valence-corrected chi connectivity index (χ2v) is 3.29. The number of nitrogens with zero attached hydrogens (tertiary/aromatic N) is 2. The first-order valence-electron chi connectivity index (χ1n) is 3.84. The molecule has 1 unspecified atom stereocenters. The van der Waals surface area contributed by atoms with Crippen molar-refractivity contribution in [2.45, 2.75) is 18.9 Å². The van der Waals surface area contributed by atoms with Gasteiger partial charge in [-0.1, -0.05) is 0 Å². The fraction of sp³-hybridized carbons (Fsp3) is 0.500. The molecule has 5 heteroatoms. The van der Waals surface area contributed by atoms with Crippen LogP contribution in [-0.2, 0) is 18.3 Å². The molecule has 5 nitrogen and oxygen atoms in total. The van der Waals surface area contributed by atoms with E-state index in [9.17, 15) is 9.90 Å². The minimum atomic E-state index is -1.74. The Labute approximate surface area is 75.6 Å². The van der Waals surface area contributed by atoms with Crippen LogP contribution in [0.25, 0.3) is 0 Å². The molecule has 1 rings (SSSR count). The van der Waals surface area contributed by atoms with Crippen molar-refractivity contribution in [2.24, 2.45) is 7.05 Å². The molecule has 0 aliphatic carbocycles. The minimum absolute atomic E-state index is 0.0170. The van der Waals surface area contributed by atoms with E-state index in [0.717, 1.165) is 0 Å². The summed E-state index contributed by atoms with van der Waals surface area (Å²) in [6, 6.07) is 0. The molecule has 0 saturated carbocycles. The van der Waals surface area contributed by atoms with E-state index in [2.05, 4.69) is 4.98 Å². The number of carboxylic acids is 1. The van der Waals surface area contributed by atoms with Gasteiger partial charge in [0.05, 0.1) is 12.0 Å². The molecule has 1 aromatic rings. The van der Waals surface area contributed by atoms with Crippen molar-refractivity contribution in [2.75, 3.05) is 0 Å². The highest BCUT2D eigenvalue weighted by atomic mass is 16.4. The second-order valence-electron chi connectivity index (χ2n) is 3.29. The predicted octanol–water partition coefficient (Wildman–Crippen LogP) is -0.202. The van der Waals surface area contributed by atoms with Gasteiger partial charge in [-0.2, -0.15) is 0 Å². The summed E-state index contributed by atoms with van der Waals surface area (Å²) in [7, 11) is 1.78. The Balaban J connectivity index is 2.74. The molecule has 1 heterocycles. The van der Waals surface area contributed by atoms with Gasteiger partial charge in [-0.3, -0.25) is 0 Å². The lowest BCUT2D eigenvalue weighted by Crippen LogP contribution is -2.37. The van der Waals surface area contributed by atoms with E-state index in [1.807, 2.05) is 0 Å². The van der Waals surface area contributed by atoms with Gasteiger partial charge in [0.15, 0.2) is 5.60 Å². The van der Waals surface area contributed by atoms with E-state index in [0.29, 0.717) is 5.69 Å². The number of aryl methyl sites for hydroxylation is 1. The number of hydrogen-bond acceptors (Lipinski definition) is 3. The lowest BCUT2D eigenvalue weighted by molar-refractivity contribution is -0.156. The lowest BCUT2D eigenvalue weighted by atomic mass is 10.0. The zero-order valence-electron chi connectivity index (χ0n) is 7.56. The van der Waals surface area contributed by atoms with Gasteiger partial charge in [-0.05, 0) is 6.92 Å². The first-order chi connectivity index (χ1) is 5.92. The molecule has 0 fully saturated rings. The third-order valence-electron chi connectivity index (χ3n) is 1.74. The number of aliphatic hydroxyl groups is 1. The Bertz CT molecular complexity index is 317. The fourth-order valence-corrected chi connectivity index (χ4v) is 0.987. The van der Waals surface area contributed by atoms with Gasteiger partial charge >= 0.3 is 5.97 Å². The summed E-state index contributed by atoms with van der Waals surface area (Å²) in [6.45, 7) is 1.25. The number of aliphatic carboxylic acids is 1. The number of carboxylic acid groups (broad SMARTS) is 1. The highest BCUT2D eigenvalue weighted by molar-refractivity contribution is 5.76. The molecule has 0 saturated heterocycles. The molecule has 0 aliphatic rings. The summed E-state index contributed by atoms with van der Waals surface area (Å²) in [5.41, 5.74) is -1.18. The number of aromatic nitrogens is 2. The maximum Gasteiger partial charge on any atom is 0.335 e. The van der Waals surface area contributed by atoms with Crippen molar-refractivity contribution in [1.29, 1.82) is 0 Å². The van der Waals surface area contributed by atoms with E-state index in [1.165, 1.54) is 6.92 Å². The van der Waals surface area contributed by atoms with Crippen molar-refractivity contribution in [3.63, 3.8) is 0 Å². The van der Waals surface area contributed by atoms with Crippen LogP contribution in [0.5, 0.6) is 0 Å². The summed E-state index contributed by atoms with van der Waals surface area (Å²) in [5.74, 6) is -1.24. The third kappa shape index (κ3) is 2.29. The van der Waals surface area contributed by atoms with Crippen LogP contribution in [0.1, 0.15) is 12.6 Å². The van der Waals surface area contributed by atoms with Crippen LogP contribution in [0.4, 0.5) is 0 Å². The SMILES string of the molecule is Cn1cnc(CC(C)(O)C(=O)O)c1. The van der Waals surface area contributed by atoms with Gasteiger partial charge in [0.25, 0.3) is 0 Å². The van der Waals surface area contributed by atoms with Gasteiger partial charge in [0.2, 0.25) is 0 Å². The highest BCUT2D eigenvalue weighted by Gasteiger charge is 2.30. The molecule has 1 atom stereocenters. The fourth-order valence-electron chi connectivity index (χ4n) is 0.987. The molecular formula is C8H12N2O3. The van der Waals surface area contributed by atoms with Crippen LogP contribution in [0.3, 0.4) is 0 Å². The highest BCUT2D eigenvalue weighted by Crippen LogP contribution is 2.11. The van der Waals surface area contributed by atoms with Gasteiger partial charge in [0, 0.05) is 19.7 Å². The quantitative estimate of drug-likeness (QED) is 0.682. The molecule has 2 N–H and O–H groups in total. The Hall–Kier alpha value is -1.36. The van der Waals surface area contributed by atoms with Crippen LogP contribution in [0.2, 0.25) is 0 Å². The number of imidazole rings is 1. The summed E-state index contributed by atoms with van der Waals surface area (Å²) in [6.07, 6.45) is 3.26. The van der Waals surface area contributed by atoms with Crippen LogP contribution < -0.4 is 0 Å². The number of carbonyl (C=O) groups is 1. The van der Waals surface area contributed by atoms with Gasteiger partial charge in [-0.25, -0.2) is 9.78 Å². The maximum atomic E-state index is 10.5. The van der Waals surface area contributed by atoms with Crippen molar-refractivity contribution >= 4 is 5.97 Å². The molecule has 0 spiro atoms. The first kappa shape index (κ1) is 9.73. The van der Waals surface area contributed by atoms with Crippen molar-refractivity contribution < 1.29 is 15.0 Å². The first-order valence-corrected chi connectivity index (χ1v) is 3.84. The molecule has 1 aromatic heterocycles. The zero-order valence-corrected chi connectivity index (χ0v) is 7.56. The predicted molar refractivity (Wildman–Crippen MR) is 45.2 cm³/mol. The molecule has 0 bridgehead atoms. The maximum absolute atomic E-state index is 10.5. The zero-order chi connectivity index (χ0) is 10.1. The topological polar surface area (TPSA) is 75.3 Å². The van der Waals surface area contributed by atoms with E-state index in [-0.39, 0.29) is 6.42 Å². The second kappa shape index (κ2) is 3.18. The summed E-state index contributed by atoms with van der Waals surface area (Å²) >= 11 is 0. The summed E-state index contributed by atoms with van der Waals surface area (Å²) in [4.78, 5) is 14.5. The lowest BCUT2D eigenvalue weighted by Gasteiger charge is -2.15. The normalized spacial score (nSPS) is 15.3. The Morgan fingerprint density at radius 3 is 2.77 bits per heavy atom. The van der Waals surface area contributed by atoms with E-state index < -0.39 is 11.6 Å². The van der Waals surface area contributed by atoms with Crippen LogP contribution in [0, 0.1) is 0 Å². The molecule has 13 heavy (non-hydrogen) atoms. The van der Waals surface area contributed by atoms with Crippen molar-refractivity contribution in [3.05, 3.63) is 18.2 Å². The molecule has 0 radical (unpaired) electrons. The van der Waals surface area contributed by atoms with Crippen molar-refractivity contribution in [1.82, 2.24) is 9.55 Å². The molecule has 72 valence electrons. The number of hydrogen-bond donors (Lipinski definition) is 2. The van der Waals surface area contributed by atoms with E-state index in [1.54, 1.807) is 24.1 Å². The standard InChI is InChI=1S/C8H12N2O3/c1-8(13,7(11)12)3-6-4-10(2)5-9-6/h4-5,13H,3H2,1-2H3,(H,11,12). The monoisotopic (exact) mass is 184 g/mol. The average Bonchev–Trinajstić information content (AvgIpc) is 2.34. The van der Waals surface area contributed by atoms with E-state index in [4.69, 9.17) is 5.11 Å². The third-order valence-corrected chi connectivity index (χ3v) is 1.74. The van der Waals surface area contributed by atoms with Gasteiger partial charge in [0.1, 0.15) is 0 Å². The van der Waals surface area contributed by atoms with Crippen molar-refractivity contribution in [3.8, 4) is 0 Å². The van der Waals surface area contributed by atoms with Gasteiger partial charge in [-0.15, -0.1) is 0 Å². The largest absolute Gasteiger partial charge is 0.479 e. The Morgan fingerprint density at radius 2 is 2.38 bits per heavy atom. The van der Waals surface area contributed by atoms with Gasteiger partial charge < -0.3 is 14.8 Å². The minimum Gasteiger partial charge on any atom is -0.479 e. The molecule has 0 aromatic carbocycles. The molecule has 0 aliphatic heterocycles. The van der Waals surface area contributed by atoms with Crippen LogP contribution in [0.15, 0.2) is 12.5 Å². The summed E-state index contributed by atoms with van der Waals surface area (Å²) < 4.78 is 1.70. The van der Waals surface area contributed by atoms with Crippen LogP contribution >= 0.6 is 0 Å².